The first-order valence-corrected chi connectivity index (χ1v) is 22.2. The molecule has 0 aromatic heterocycles. The van der Waals surface area contributed by atoms with E-state index in [2.05, 4.69) is 92.8 Å². The summed E-state index contributed by atoms with van der Waals surface area (Å²) in [6.07, 6.45) is 50.4. The number of carboxylic acids is 1. The molecule has 8 nitrogen and oxygen atoms in total. The number of unbranched alkanes of at least 4 members (excludes halogenated alkanes) is 15. The van der Waals surface area contributed by atoms with Gasteiger partial charge in [0.15, 0.2) is 12.1 Å². The summed E-state index contributed by atoms with van der Waals surface area (Å²) in [5.74, 6) is -1.52. The van der Waals surface area contributed by atoms with Gasteiger partial charge in [-0.2, -0.15) is 0 Å². The van der Waals surface area contributed by atoms with Gasteiger partial charge >= 0.3 is 17.9 Å². The number of nitrogens with zero attached hydrogens (tertiary/aromatic N) is 1. The number of carboxylic acid groups (broad SMARTS) is 1. The molecule has 0 aliphatic rings. The highest BCUT2D eigenvalue weighted by molar-refractivity contribution is 5.72. The number of ether oxygens (including phenoxy) is 3. The molecule has 2 unspecified atom stereocenters. The van der Waals surface area contributed by atoms with E-state index in [0.717, 1.165) is 83.5 Å². The Kier molecular flexibility index (Phi) is 36.9. The molecule has 0 aromatic carbocycles. The molecule has 0 spiro atoms. The summed E-state index contributed by atoms with van der Waals surface area (Å²) in [6.45, 7) is 4.51. The second-order valence-electron chi connectivity index (χ2n) is 15.7. The Morgan fingerprint density at radius 3 is 1.46 bits per heavy atom. The predicted octanol–water partition coefficient (Wildman–Crippen LogP) is 12.1. The Morgan fingerprint density at radius 2 is 0.982 bits per heavy atom. The summed E-state index contributed by atoms with van der Waals surface area (Å²) >= 11 is 0. The van der Waals surface area contributed by atoms with Crippen LogP contribution < -0.4 is 0 Å². The molecule has 2 atom stereocenters. The van der Waals surface area contributed by atoms with E-state index in [4.69, 9.17) is 14.2 Å². The van der Waals surface area contributed by atoms with Gasteiger partial charge in [-0.1, -0.05) is 163 Å². The molecule has 0 fully saturated rings. The minimum atomic E-state index is -0.885. The van der Waals surface area contributed by atoms with Gasteiger partial charge in [-0.25, -0.2) is 4.79 Å². The molecular formula is C49H82NO7+. The van der Waals surface area contributed by atoms with E-state index in [1.54, 1.807) is 0 Å². The van der Waals surface area contributed by atoms with E-state index in [-0.39, 0.29) is 36.2 Å². The van der Waals surface area contributed by atoms with Crippen LogP contribution in [0.15, 0.2) is 85.1 Å². The van der Waals surface area contributed by atoms with Gasteiger partial charge < -0.3 is 23.8 Å². The largest absolute Gasteiger partial charge is 0.477 e. The Hall–Kier alpha value is -3.49. The number of rotatable bonds is 38. The lowest BCUT2D eigenvalue weighted by Crippen LogP contribution is -2.50. The predicted molar refractivity (Wildman–Crippen MR) is 238 cm³/mol. The van der Waals surface area contributed by atoms with E-state index >= 15 is 0 Å². The quantitative estimate of drug-likeness (QED) is 0.0287. The summed E-state index contributed by atoms with van der Waals surface area (Å²) < 4.78 is 17.2. The fourth-order valence-corrected chi connectivity index (χ4v) is 5.98. The fourth-order valence-electron chi connectivity index (χ4n) is 5.98. The molecule has 1 N–H and O–H groups in total. The molecule has 0 heterocycles. The van der Waals surface area contributed by atoms with Crippen LogP contribution in [0.3, 0.4) is 0 Å². The van der Waals surface area contributed by atoms with E-state index in [9.17, 15) is 19.5 Å². The molecule has 0 aromatic rings. The molecule has 0 aliphatic heterocycles. The highest BCUT2D eigenvalue weighted by atomic mass is 16.6. The van der Waals surface area contributed by atoms with E-state index in [0.29, 0.717) is 19.3 Å². The molecule has 0 amide bonds. The van der Waals surface area contributed by atoms with Crippen LogP contribution in [0.2, 0.25) is 0 Å². The lowest BCUT2D eigenvalue weighted by atomic mass is 10.1. The average molecular weight is 797 g/mol. The maximum absolute atomic E-state index is 12.7. The van der Waals surface area contributed by atoms with Gasteiger partial charge in [0.05, 0.1) is 34.4 Å². The Labute approximate surface area is 348 Å². The van der Waals surface area contributed by atoms with Gasteiger partial charge in [-0.3, -0.25) is 9.59 Å². The third-order valence-corrected chi connectivity index (χ3v) is 9.43. The number of carbonyl (C=O) groups excluding carboxylic acids is 2. The number of esters is 2. The molecule has 0 radical (unpaired) electrons. The van der Waals surface area contributed by atoms with Crippen LogP contribution in [0.4, 0.5) is 0 Å². The maximum Gasteiger partial charge on any atom is 0.362 e. The minimum absolute atomic E-state index is 0.0430. The van der Waals surface area contributed by atoms with Crippen LogP contribution in [-0.4, -0.2) is 80.6 Å². The normalized spacial score (nSPS) is 13.8. The first kappa shape index (κ1) is 53.5. The van der Waals surface area contributed by atoms with Crippen molar-refractivity contribution >= 4 is 17.9 Å². The van der Waals surface area contributed by atoms with Crippen molar-refractivity contribution in [3.8, 4) is 0 Å². The number of carbonyl (C=O) groups is 3. The fraction of sp³-hybridized carbons (Fsp3) is 0.653. The van der Waals surface area contributed by atoms with Crippen LogP contribution in [0.25, 0.3) is 0 Å². The van der Waals surface area contributed by atoms with E-state index in [1.807, 2.05) is 27.2 Å². The maximum atomic E-state index is 12.7. The number of aliphatic carboxylic acids is 1. The highest BCUT2D eigenvalue weighted by Crippen LogP contribution is 2.13. The van der Waals surface area contributed by atoms with Crippen molar-refractivity contribution in [3.63, 3.8) is 0 Å². The van der Waals surface area contributed by atoms with E-state index < -0.39 is 18.1 Å². The third kappa shape index (κ3) is 37.8. The summed E-state index contributed by atoms with van der Waals surface area (Å²) in [6, 6.07) is -0.625. The number of quaternary nitrogens is 1. The zero-order chi connectivity index (χ0) is 42.1. The van der Waals surface area contributed by atoms with Crippen molar-refractivity contribution in [1.29, 1.82) is 0 Å². The summed E-state index contributed by atoms with van der Waals surface area (Å²) in [7, 11) is 5.50. The number of likely N-dealkylation sites (N-methyl/N-ethyl adjacent to an activating group) is 1. The molecular weight excluding hydrogens is 715 g/mol. The topological polar surface area (TPSA) is 99.1 Å². The van der Waals surface area contributed by atoms with Gasteiger partial charge in [0, 0.05) is 19.3 Å². The van der Waals surface area contributed by atoms with Crippen LogP contribution in [0.1, 0.15) is 155 Å². The van der Waals surface area contributed by atoms with Crippen LogP contribution in [0.5, 0.6) is 0 Å². The van der Waals surface area contributed by atoms with Crippen molar-refractivity contribution in [3.05, 3.63) is 85.1 Å². The lowest BCUT2D eigenvalue weighted by molar-refractivity contribution is -0.887. The molecule has 0 aliphatic carbocycles. The molecule has 0 saturated carbocycles. The highest BCUT2D eigenvalue weighted by Gasteiger charge is 2.31. The molecule has 0 rings (SSSR count). The zero-order valence-electron chi connectivity index (χ0n) is 36.8. The average Bonchev–Trinajstić information content (AvgIpc) is 3.17. The monoisotopic (exact) mass is 797 g/mol. The number of allylic oxidation sites excluding steroid dienone is 14. The number of hydrogen-bond acceptors (Lipinski definition) is 6. The van der Waals surface area contributed by atoms with Gasteiger partial charge in [0.1, 0.15) is 6.61 Å². The second kappa shape index (κ2) is 39.3. The SMILES string of the molecule is CC/C=C/C=C/C=C/CCCCCCCCCC(=O)OC(COCCC(C(=O)O)[N+](C)(C)C)COC(=O)CCCCCCC/C=C/C=C/C=C/C=C/CCCCC. The Bertz CT molecular complexity index is 1200. The Morgan fingerprint density at radius 1 is 0.544 bits per heavy atom. The molecule has 8 heteroatoms. The molecule has 324 valence electrons. The van der Waals surface area contributed by atoms with Crippen molar-refractivity contribution in [2.75, 3.05) is 41.0 Å². The van der Waals surface area contributed by atoms with Gasteiger partial charge in [0.2, 0.25) is 0 Å². The second-order valence-corrected chi connectivity index (χ2v) is 15.7. The standard InChI is InChI=1S/C49H81NO7/c1-6-8-10-12-14-16-18-20-22-23-24-26-27-29-31-33-35-37-39-47(51)56-44-45(43-55-42-41-46(49(53)54)50(3,4)5)57-48(52)40-38-36-34-32-30-28-25-21-19-17-15-13-11-9-7-2/h9,11,13-20,22-24,26,45-46H,6-8,10,12,21,25,27-44H2,1-5H3/p+1/b11-9+,15-13+,16-14+,19-17+,20-18+,23-22+,26-24+. The van der Waals surface area contributed by atoms with Crippen molar-refractivity contribution in [2.24, 2.45) is 0 Å². The third-order valence-electron chi connectivity index (χ3n) is 9.43. The van der Waals surface area contributed by atoms with Crippen molar-refractivity contribution in [1.82, 2.24) is 0 Å². The summed E-state index contributed by atoms with van der Waals surface area (Å²) in [5, 5.41) is 9.62. The van der Waals surface area contributed by atoms with Gasteiger partial charge in [-0.15, -0.1) is 0 Å². The minimum Gasteiger partial charge on any atom is -0.477 e. The Balaban J connectivity index is 4.43. The molecule has 0 bridgehead atoms. The van der Waals surface area contributed by atoms with Crippen molar-refractivity contribution in [2.45, 2.75) is 167 Å². The van der Waals surface area contributed by atoms with Gasteiger partial charge in [-0.05, 0) is 57.8 Å². The smallest absolute Gasteiger partial charge is 0.362 e. The lowest BCUT2D eigenvalue weighted by Gasteiger charge is -2.31. The van der Waals surface area contributed by atoms with Crippen LogP contribution in [-0.2, 0) is 28.6 Å². The first-order valence-electron chi connectivity index (χ1n) is 22.2. The number of hydrogen-bond donors (Lipinski definition) is 1. The van der Waals surface area contributed by atoms with Crippen LogP contribution in [0, 0.1) is 0 Å². The molecule has 0 saturated heterocycles. The van der Waals surface area contributed by atoms with E-state index in [1.165, 1.54) is 38.5 Å². The summed E-state index contributed by atoms with van der Waals surface area (Å²) in [5.41, 5.74) is 0. The summed E-state index contributed by atoms with van der Waals surface area (Å²) in [4.78, 5) is 37.0. The van der Waals surface area contributed by atoms with Gasteiger partial charge in [0.25, 0.3) is 0 Å². The first-order chi connectivity index (χ1) is 27.6. The zero-order valence-corrected chi connectivity index (χ0v) is 36.8. The van der Waals surface area contributed by atoms with Crippen molar-refractivity contribution < 1.29 is 38.2 Å². The molecule has 57 heavy (non-hydrogen) atoms. The van der Waals surface area contributed by atoms with Crippen LogP contribution >= 0.6 is 0 Å².